The first-order valence-electron chi connectivity index (χ1n) is 9.06. The van der Waals surface area contributed by atoms with Gasteiger partial charge in [0.25, 0.3) is 5.91 Å². The van der Waals surface area contributed by atoms with E-state index in [0.29, 0.717) is 12.1 Å². The van der Waals surface area contributed by atoms with Crippen molar-refractivity contribution in [3.63, 3.8) is 0 Å². The lowest BCUT2D eigenvalue weighted by molar-refractivity contribution is -0.385. The number of nitrogens with two attached hydrogens (primary N) is 1. The van der Waals surface area contributed by atoms with Crippen molar-refractivity contribution in [2.24, 2.45) is 5.73 Å². The van der Waals surface area contributed by atoms with Crippen LogP contribution in [0.25, 0.3) is 0 Å². The average Bonchev–Trinajstić information content (AvgIpc) is 2.66. The predicted octanol–water partition coefficient (Wildman–Crippen LogP) is 3.52. The van der Waals surface area contributed by atoms with Crippen molar-refractivity contribution in [1.29, 1.82) is 0 Å². The summed E-state index contributed by atoms with van der Waals surface area (Å²) < 4.78 is 11.1. The number of primary amides is 1. The molecule has 0 unspecified atom stereocenters. The summed E-state index contributed by atoms with van der Waals surface area (Å²) in [5.41, 5.74) is 5.84. The number of carbonyl (C=O) groups is 2. The summed E-state index contributed by atoms with van der Waals surface area (Å²) in [6, 6.07) is 8.31. The van der Waals surface area contributed by atoms with Crippen LogP contribution in [-0.2, 0) is 0 Å². The second-order valence-electron chi connectivity index (χ2n) is 6.48. The number of ether oxygens (including phenoxy) is 2. The van der Waals surface area contributed by atoms with E-state index in [9.17, 15) is 19.7 Å². The zero-order valence-corrected chi connectivity index (χ0v) is 16.4. The number of nitrogens with one attached hydrogen (secondary N) is 1. The molecule has 3 N–H and O–H groups in total. The third kappa shape index (κ3) is 5.68. The Kier molecular flexibility index (Phi) is 7.13. The van der Waals surface area contributed by atoms with Gasteiger partial charge in [-0.2, -0.15) is 0 Å². The van der Waals surface area contributed by atoms with E-state index in [1.165, 1.54) is 36.4 Å². The Morgan fingerprint density at radius 1 is 1.14 bits per heavy atom. The lowest BCUT2D eigenvalue weighted by atomic mass is 10.1. The summed E-state index contributed by atoms with van der Waals surface area (Å²) in [7, 11) is 0. The SMILES string of the molecule is CCCOc1cc(C(=O)Nc2ccc(C(N)=O)cc2OC(C)C)ccc1[N+](=O)[O-]. The van der Waals surface area contributed by atoms with Gasteiger partial charge in [0.15, 0.2) is 5.75 Å². The lowest BCUT2D eigenvalue weighted by Gasteiger charge is -2.16. The number of amides is 2. The zero-order chi connectivity index (χ0) is 21.6. The van der Waals surface area contributed by atoms with Gasteiger partial charge in [-0.05, 0) is 44.5 Å². The van der Waals surface area contributed by atoms with Gasteiger partial charge in [0.05, 0.1) is 23.3 Å². The molecule has 9 heteroatoms. The first kappa shape index (κ1) is 21.7. The molecule has 9 nitrogen and oxygen atoms in total. The molecule has 0 aromatic heterocycles. The molecule has 2 aromatic rings. The van der Waals surface area contributed by atoms with Gasteiger partial charge in [0.2, 0.25) is 5.91 Å². The Hall–Kier alpha value is -3.62. The van der Waals surface area contributed by atoms with Gasteiger partial charge < -0.3 is 20.5 Å². The van der Waals surface area contributed by atoms with Crippen molar-refractivity contribution in [1.82, 2.24) is 0 Å². The van der Waals surface area contributed by atoms with E-state index in [1.54, 1.807) is 13.8 Å². The van der Waals surface area contributed by atoms with Crippen LogP contribution < -0.4 is 20.5 Å². The van der Waals surface area contributed by atoms with Crippen LogP contribution in [0.4, 0.5) is 11.4 Å². The van der Waals surface area contributed by atoms with Crippen LogP contribution in [0.5, 0.6) is 11.5 Å². The molecule has 0 aliphatic carbocycles. The number of nitrogens with zero attached hydrogens (tertiary/aromatic N) is 1. The average molecular weight is 401 g/mol. The minimum absolute atomic E-state index is 0.0206. The second-order valence-corrected chi connectivity index (χ2v) is 6.48. The minimum Gasteiger partial charge on any atom is -0.489 e. The Morgan fingerprint density at radius 2 is 1.79 bits per heavy atom. The highest BCUT2D eigenvalue weighted by atomic mass is 16.6. The van der Waals surface area contributed by atoms with E-state index in [0.717, 1.165) is 0 Å². The lowest BCUT2D eigenvalue weighted by Crippen LogP contribution is -2.16. The molecule has 0 atom stereocenters. The van der Waals surface area contributed by atoms with E-state index >= 15 is 0 Å². The molecule has 2 rings (SSSR count). The molecule has 0 saturated heterocycles. The Balaban J connectivity index is 2.34. The van der Waals surface area contributed by atoms with Gasteiger partial charge in [-0.15, -0.1) is 0 Å². The minimum atomic E-state index is -0.621. The van der Waals surface area contributed by atoms with Crippen molar-refractivity contribution in [2.75, 3.05) is 11.9 Å². The number of carbonyl (C=O) groups excluding carboxylic acids is 2. The van der Waals surface area contributed by atoms with Crippen LogP contribution in [0.15, 0.2) is 36.4 Å². The van der Waals surface area contributed by atoms with E-state index < -0.39 is 16.7 Å². The summed E-state index contributed by atoms with van der Waals surface area (Å²) >= 11 is 0. The van der Waals surface area contributed by atoms with Crippen molar-refractivity contribution >= 4 is 23.2 Å². The van der Waals surface area contributed by atoms with Crippen LogP contribution in [-0.4, -0.2) is 29.4 Å². The van der Waals surface area contributed by atoms with Crippen molar-refractivity contribution in [3.05, 3.63) is 57.6 Å². The first-order valence-corrected chi connectivity index (χ1v) is 9.06. The van der Waals surface area contributed by atoms with Crippen LogP contribution in [0.1, 0.15) is 47.9 Å². The van der Waals surface area contributed by atoms with Crippen LogP contribution >= 0.6 is 0 Å². The summed E-state index contributed by atoms with van der Waals surface area (Å²) in [4.78, 5) is 34.7. The fourth-order valence-electron chi connectivity index (χ4n) is 2.46. The molecule has 0 spiro atoms. The number of benzene rings is 2. The zero-order valence-electron chi connectivity index (χ0n) is 16.4. The van der Waals surface area contributed by atoms with Gasteiger partial charge in [-0.1, -0.05) is 6.92 Å². The molecule has 0 radical (unpaired) electrons. The largest absolute Gasteiger partial charge is 0.489 e. The molecular weight excluding hydrogens is 378 g/mol. The molecule has 2 aromatic carbocycles. The molecule has 154 valence electrons. The molecule has 0 saturated carbocycles. The predicted molar refractivity (Wildman–Crippen MR) is 108 cm³/mol. The molecule has 0 aliphatic rings. The summed E-state index contributed by atoms with van der Waals surface area (Å²) in [5, 5.41) is 13.9. The Morgan fingerprint density at radius 3 is 2.38 bits per heavy atom. The maximum absolute atomic E-state index is 12.7. The van der Waals surface area contributed by atoms with E-state index in [4.69, 9.17) is 15.2 Å². The quantitative estimate of drug-likeness (QED) is 0.488. The van der Waals surface area contributed by atoms with E-state index in [2.05, 4.69) is 5.32 Å². The fourth-order valence-corrected chi connectivity index (χ4v) is 2.46. The highest BCUT2D eigenvalue weighted by Gasteiger charge is 2.19. The van der Waals surface area contributed by atoms with Gasteiger partial charge in [-0.3, -0.25) is 19.7 Å². The molecule has 0 heterocycles. The van der Waals surface area contributed by atoms with E-state index in [1.807, 2.05) is 6.92 Å². The number of rotatable bonds is 9. The Labute approximate surface area is 168 Å². The van der Waals surface area contributed by atoms with Crippen LogP contribution in [0.3, 0.4) is 0 Å². The Bertz CT molecular complexity index is 926. The summed E-state index contributed by atoms with van der Waals surface area (Å²) in [6.45, 7) is 5.76. The monoisotopic (exact) mass is 401 g/mol. The van der Waals surface area contributed by atoms with Gasteiger partial charge in [-0.25, -0.2) is 0 Å². The van der Waals surface area contributed by atoms with Crippen LogP contribution in [0, 0.1) is 10.1 Å². The van der Waals surface area contributed by atoms with Gasteiger partial charge in [0, 0.05) is 23.3 Å². The van der Waals surface area contributed by atoms with Gasteiger partial charge in [0.1, 0.15) is 5.75 Å². The third-order valence-electron chi connectivity index (χ3n) is 3.76. The number of nitro benzene ring substituents is 1. The number of anilines is 1. The fraction of sp³-hybridized carbons (Fsp3) is 0.300. The molecule has 0 bridgehead atoms. The smallest absolute Gasteiger partial charge is 0.310 e. The highest BCUT2D eigenvalue weighted by Crippen LogP contribution is 2.30. The highest BCUT2D eigenvalue weighted by molar-refractivity contribution is 6.06. The molecule has 0 aliphatic heterocycles. The summed E-state index contributed by atoms with van der Waals surface area (Å²) in [5.74, 6) is -0.826. The molecule has 2 amide bonds. The first-order chi connectivity index (χ1) is 13.7. The van der Waals surface area contributed by atoms with Crippen molar-refractivity contribution in [3.8, 4) is 11.5 Å². The van der Waals surface area contributed by atoms with Crippen molar-refractivity contribution < 1.29 is 24.0 Å². The molecule has 29 heavy (non-hydrogen) atoms. The third-order valence-corrected chi connectivity index (χ3v) is 3.76. The number of nitro groups is 1. The maximum atomic E-state index is 12.7. The van der Waals surface area contributed by atoms with Crippen LogP contribution in [0.2, 0.25) is 0 Å². The number of hydrogen-bond donors (Lipinski definition) is 2. The second kappa shape index (κ2) is 9.54. The normalized spacial score (nSPS) is 10.5. The number of hydrogen-bond acceptors (Lipinski definition) is 6. The van der Waals surface area contributed by atoms with Gasteiger partial charge >= 0.3 is 5.69 Å². The standard InChI is InChI=1S/C20H23N3O6/c1-4-9-28-18-11-14(6-8-16(18)23(26)27)20(25)22-15-7-5-13(19(21)24)10-17(15)29-12(2)3/h5-8,10-12H,4,9H2,1-3H3,(H2,21,24)(H,22,25). The summed E-state index contributed by atoms with van der Waals surface area (Å²) in [6.07, 6.45) is 0.456. The van der Waals surface area contributed by atoms with Crippen molar-refractivity contribution in [2.45, 2.75) is 33.3 Å². The molecule has 0 fully saturated rings. The van der Waals surface area contributed by atoms with E-state index in [-0.39, 0.29) is 41.0 Å². The maximum Gasteiger partial charge on any atom is 0.310 e. The molecular formula is C20H23N3O6. The topological polar surface area (TPSA) is 134 Å².